The number of rotatable bonds is 9. The van der Waals surface area contributed by atoms with E-state index in [0.717, 1.165) is 36.7 Å². The SMILES string of the molecule is CN=C(NCCCCOc1ccc(F)cc1)NCc1ccccc1OC. The molecule has 0 unspecified atom stereocenters. The molecule has 5 nitrogen and oxygen atoms in total. The Balaban J connectivity index is 1.62. The molecule has 0 heterocycles. The number of ether oxygens (including phenoxy) is 2. The molecule has 0 atom stereocenters. The topological polar surface area (TPSA) is 54.9 Å². The van der Waals surface area contributed by atoms with Gasteiger partial charge in [-0.15, -0.1) is 0 Å². The highest BCUT2D eigenvalue weighted by Gasteiger charge is 2.03. The molecule has 6 heteroatoms. The summed E-state index contributed by atoms with van der Waals surface area (Å²) in [7, 11) is 3.41. The van der Waals surface area contributed by atoms with E-state index in [1.165, 1.54) is 12.1 Å². The Morgan fingerprint density at radius 1 is 1.04 bits per heavy atom. The van der Waals surface area contributed by atoms with Gasteiger partial charge in [-0.3, -0.25) is 4.99 Å². The van der Waals surface area contributed by atoms with Crippen molar-refractivity contribution in [3.8, 4) is 11.5 Å². The normalized spacial score (nSPS) is 11.1. The summed E-state index contributed by atoms with van der Waals surface area (Å²) in [4.78, 5) is 4.22. The van der Waals surface area contributed by atoms with Gasteiger partial charge in [0.15, 0.2) is 5.96 Å². The Morgan fingerprint density at radius 2 is 1.81 bits per heavy atom. The van der Waals surface area contributed by atoms with E-state index in [4.69, 9.17) is 9.47 Å². The summed E-state index contributed by atoms with van der Waals surface area (Å²) in [5, 5.41) is 6.55. The van der Waals surface area contributed by atoms with Crippen molar-refractivity contribution in [3.63, 3.8) is 0 Å². The third-order valence-corrected chi connectivity index (χ3v) is 3.81. The lowest BCUT2D eigenvalue weighted by Crippen LogP contribution is -2.37. The molecule has 140 valence electrons. The van der Waals surface area contributed by atoms with Crippen LogP contribution in [-0.4, -0.2) is 33.3 Å². The van der Waals surface area contributed by atoms with Crippen molar-refractivity contribution in [1.29, 1.82) is 0 Å². The van der Waals surface area contributed by atoms with Crippen LogP contribution in [0.5, 0.6) is 11.5 Å². The zero-order chi connectivity index (χ0) is 18.6. The van der Waals surface area contributed by atoms with Gasteiger partial charge in [-0.1, -0.05) is 18.2 Å². The van der Waals surface area contributed by atoms with E-state index in [1.54, 1.807) is 26.3 Å². The minimum Gasteiger partial charge on any atom is -0.496 e. The van der Waals surface area contributed by atoms with E-state index in [9.17, 15) is 4.39 Å². The molecule has 0 saturated heterocycles. The van der Waals surface area contributed by atoms with E-state index in [2.05, 4.69) is 15.6 Å². The first-order valence-electron chi connectivity index (χ1n) is 8.67. The molecule has 2 aromatic rings. The molecular weight excluding hydrogens is 333 g/mol. The maximum Gasteiger partial charge on any atom is 0.191 e. The van der Waals surface area contributed by atoms with Crippen LogP contribution < -0.4 is 20.1 Å². The Hall–Kier alpha value is -2.76. The number of aliphatic imine (C=N–C) groups is 1. The van der Waals surface area contributed by atoms with Gasteiger partial charge in [0.05, 0.1) is 13.7 Å². The number of unbranched alkanes of at least 4 members (excludes halogenated alkanes) is 1. The van der Waals surface area contributed by atoms with Crippen LogP contribution in [0.2, 0.25) is 0 Å². The lowest BCUT2D eigenvalue weighted by molar-refractivity contribution is 0.306. The van der Waals surface area contributed by atoms with Crippen molar-refractivity contribution in [2.75, 3.05) is 27.3 Å². The molecule has 0 aliphatic heterocycles. The Morgan fingerprint density at radius 3 is 2.54 bits per heavy atom. The highest BCUT2D eigenvalue weighted by Crippen LogP contribution is 2.16. The van der Waals surface area contributed by atoms with Crippen LogP contribution >= 0.6 is 0 Å². The number of hydrogen-bond acceptors (Lipinski definition) is 3. The van der Waals surface area contributed by atoms with Crippen LogP contribution in [0.4, 0.5) is 4.39 Å². The van der Waals surface area contributed by atoms with Crippen LogP contribution in [-0.2, 0) is 6.54 Å². The number of methoxy groups -OCH3 is 1. The van der Waals surface area contributed by atoms with Gasteiger partial charge in [-0.25, -0.2) is 4.39 Å². The van der Waals surface area contributed by atoms with E-state index in [-0.39, 0.29) is 5.82 Å². The monoisotopic (exact) mass is 359 g/mol. The van der Waals surface area contributed by atoms with Gasteiger partial charge in [0.25, 0.3) is 0 Å². The summed E-state index contributed by atoms with van der Waals surface area (Å²) in [5.74, 6) is 2.03. The molecule has 2 N–H and O–H groups in total. The number of nitrogens with one attached hydrogen (secondary N) is 2. The molecule has 0 spiro atoms. The number of halogens is 1. The molecule has 0 aromatic heterocycles. The first-order chi connectivity index (χ1) is 12.7. The zero-order valence-electron chi connectivity index (χ0n) is 15.3. The van der Waals surface area contributed by atoms with Gasteiger partial charge in [-0.2, -0.15) is 0 Å². The van der Waals surface area contributed by atoms with Gasteiger partial charge in [0.1, 0.15) is 17.3 Å². The molecule has 0 bridgehead atoms. The molecule has 0 radical (unpaired) electrons. The second-order valence-electron chi connectivity index (χ2n) is 5.67. The van der Waals surface area contributed by atoms with Crippen LogP contribution in [0.25, 0.3) is 0 Å². The van der Waals surface area contributed by atoms with E-state index in [1.807, 2.05) is 24.3 Å². The number of nitrogens with zero attached hydrogens (tertiary/aromatic N) is 1. The predicted octanol–water partition coefficient (Wildman–Crippen LogP) is 3.36. The van der Waals surface area contributed by atoms with Gasteiger partial charge < -0.3 is 20.1 Å². The van der Waals surface area contributed by atoms with Crippen molar-refractivity contribution in [3.05, 3.63) is 59.9 Å². The van der Waals surface area contributed by atoms with Crippen LogP contribution in [0.3, 0.4) is 0 Å². The van der Waals surface area contributed by atoms with Crippen molar-refractivity contribution >= 4 is 5.96 Å². The average Bonchev–Trinajstić information content (AvgIpc) is 2.68. The van der Waals surface area contributed by atoms with Gasteiger partial charge in [-0.05, 0) is 43.2 Å². The maximum atomic E-state index is 12.8. The number of benzene rings is 2. The van der Waals surface area contributed by atoms with Gasteiger partial charge in [0.2, 0.25) is 0 Å². The molecule has 0 fully saturated rings. The first kappa shape index (κ1) is 19.6. The molecule has 0 aliphatic rings. The summed E-state index contributed by atoms with van der Waals surface area (Å²) < 4.78 is 23.7. The maximum absolute atomic E-state index is 12.8. The van der Waals surface area contributed by atoms with E-state index >= 15 is 0 Å². The number of para-hydroxylation sites is 1. The second-order valence-corrected chi connectivity index (χ2v) is 5.67. The van der Waals surface area contributed by atoms with Crippen molar-refractivity contribution in [2.45, 2.75) is 19.4 Å². The zero-order valence-corrected chi connectivity index (χ0v) is 15.3. The molecule has 26 heavy (non-hydrogen) atoms. The molecular formula is C20H26FN3O2. The van der Waals surface area contributed by atoms with Crippen molar-refractivity contribution < 1.29 is 13.9 Å². The summed E-state index contributed by atoms with van der Waals surface area (Å²) in [6, 6.07) is 14.0. The average molecular weight is 359 g/mol. The highest BCUT2D eigenvalue weighted by molar-refractivity contribution is 5.79. The molecule has 2 aromatic carbocycles. The lowest BCUT2D eigenvalue weighted by Gasteiger charge is -2.13. The first-order valence-corrected chi connectivity index (χ1v) is 8.67. The third-order valence-electron chi connectivity index (χ3n) is 3.81. The van der Waals surface area contributed by atoms with Crippen molar-refractivity contribution in [2.24, 2.45) is 4.99 Å². The predicted molar refractivity (Wildman–Crippen MR) is 102 cm³/mol. The Labute approximate surface area is 154 Å². The highest BCUT2D eigenvalue weighted by atomic mass is 19.1. The minimum atomic E-state index is -0.256. The van der Waals surface area contributed by atoms with E-state index < -0.39 is 0 Å². The minimum absolute atomic E-state index is 0.256. The van der Waals surface area contributed by atoms with Crippen LogP contribution in [0.15, 0.2) is 53.5 Å². The van der Waals surface area contributed by atoms with Gasteiger partial charge in [0, 0.05) is 25.7 Å². The smallest absolute Gasteiger partial charge is 0.191 e. The Kier molecular flexibility index (Phi) is 8.26. The molecule has 0 amide bonds. The number of guanidine groups is 1. The summed E-state index contributed by atoms with van der Waals surface area (Å²) in [6.45, 7) is 2.02. The van der Waals surface area contributed by atoms with Crippen LogP contribution in [0, 0.1) is 5.82 Å². The molecule has 2 rings (SSSR count). The third kappa shape index (κ3) is 6.63. The fourth-order valence-electron chi connectivity index (χ4n) is 2.40. The largest absolute Gasteiger partial charge is 0.496 e. The lowest BCUT2D eigenvalue weighted by atomic mass is 10.2. The van der Waals surface area contributed by atoms with E-state index in [0.29, 0.717) is 18.9 Å². The number of hydrogen-bond donors (Lipinski definition) is 2. The van der Waals surface area contributed by atoms with Gasteiger partial charge >= 0.3 is 0 Å². The molecule has 0 saturated carbocycles. The molecule has 0 aliphatic carbocycles. The fraction of sp³-hybridized carbons (Fsp3) is 0.350. The second kappa shape index (κ2) is 11.0. The fourth-order valence-corrected chi connectivity index (χ4v) is 2.40. The quantitative estimate of drug-likeness (QED) is 0.410. The van der Waals surface area contributed by atoms with Crippen LogP contribution in [0.1, 0.15) is 18.4 Å². The Bertz CT molecular complexity index is 690. The summed E-state index contributed by atoms with van der Waals surface area (Å²) in [6.07, 6.45) is 1.84. The standard InChI is InChI=1S/C20H26FN3O2/c1-22-20(24-15-16-7-3-4-8-19(16)25-2)23-13-5-6-14-26-18-11-9-17(21)10-12-18/h3-4,7-12H,5-6,13-15H2,1-2H3,(H2,22,23,24). The summed E-state index contributed by atoms with van der Waals surface area (Å²) in [5.41, 5.74) is 1.07. The van der Waals surface area contributed by atoms with Crippen molar-refractivity contribution in [1.82, 2.24) is 10.6 Å². The summed E-state index contributed by atoms with van der Waals surface area (Å²) >= 11 is 0.